The number of aromatic nitrogens is 2. The Balaban J connectivity index is 3.13. The van der Waals surface area contributed by atoms with Gasteiger partial charge in [-0.3, -0.25) is 0 Å². The first kappa shape index (κ1) is 8.58. The van der Waals surface area contributed by atoms with Crippen molar-refractivity contribution >= 4 is 11.9 Å². The Bertz CT molecular complexity index is 304. The van der Waals surface area contributed by atoms with Crippen molar-refractivity contribution < 1.29 is 9.90 Å². The molecule has 0 saturated heterocycles. The monoisotopic (exact) mass is 169 g/mol. The third-order valence-corrected chi connectivity index (χ3v) is 1.58. The number of imidazole rings is 1. The summed E-state index contributed by atoms with van der Waals surface area (Å²) in [4.78, 5) is 16.3. The highest BCUT2D eigenvalue weighted by molar-refractivity contribution is 5.86. The van der Waals surface area contributed by atoms with Crippen molar-refractivity contribution in [3.63, 3.8) is 0 Å². The van der Waals surface area contributed by atoms with Gasteiger partial charge in [0.1, 0.15) is 5.69 Å². The molecule has 0 bridgehead atoms. The van der Waals surface area contributed by atoms with Gasteiger partial charge in [-0.1, -0.05) is 0 Å². The molecule has 5 nitrogen and oxygen atoms in total. The molecule has 1 heterocycles. The molecule has 0 aliphatic rings. The van der Waals surface area contributed by atoms with Crippen LogP contribution in [0.3, 0.4) is 0 Å². The Morgan fingerprint density at radius 2 is 2.25 bits per heavy atom. The third kappa shape index (κ3) is 1.25. The highest BCUT2D eigenvalue weighted by Gasteiger charge is 2.12. The quantitative estimate of drug-likeness (QED) is 0.686. The maximum atomic E-state index is 10.6. The summed E-state index contributed by atoms with van der Waals surface area (Å²) in [6, 6.07) is 0. The summed E-state index contributed by atoms with van der Waals surface area (Å²) in [5.41, 5.74) is 0.193. The van der Waals surface area contributed by atoms with Crippen LogP contribution < -0.4 is 4.90 Å². The van der Waals surface area contributed by atoms with E-state index in [0.717, 1.165) is 0 Å². The first-order chi connectivity index (χ1) is 5.54. The maximum absolute atomic E-state index is 10.6. The minimum Gasteiger partial charge on any atom is -0.477 e. The second kappa shape index (κ2) is 2.84. The molecule has 0 spiro atoms. The molecule has 1 aromatic rings. The van der Waals surface area contributed by atoms with Gasteiger partial charge in [-0.05, 0) is 0 Å². The van der Waals surface area contributed by atoms with Crippen LogP contribution in [-0.2, 0) is 7.05 Å². The fourth-order valence-corrected chi connectivity index (χ4v) is 1.01. The Labute approximate surface area is 70.2 Å². The molecule has 12 heavy (non-hydrogen) atoms. The summed E-state index contributed by atoms with van der Waals surface area (Å²) in [7, 11) is 5.30. The summed E-state index contributed by atoms with van der Waals surface area (Å²) in [5, 5.41) is 8.68. The second-order valence-corrected chi connectivity index (χ2v) is 2.70. The van der Waals surface area contributed by atoms with Crippen molar-refractivity contribution in [3.05, 3.63) is 11.9 Å². The van der Waals surface area contributed by atoms with E-state index in [2.05, 4.69) is 4.98 Å². The molecule has 0 saturated carbocycles. The summed E-state index contributed by atoms with van der Waals surface area (Å²) < 4.78 is 1.53. The van der Waals surface area contributed by atoms with Gasteiger partial charge < -0.3 is 14.6 Å². The first-order valence-corrected chi connectivity index (χ1v) is 3.46. The van der Waals surface area contributed by atoms with Crippen LogP contribution in [-0.4, -0.2) is 34.7 Å². The number of nitrogens with zero attached hydrogens (tertiary/aromatic N) is 3. The SMILES string of the molecule is CN(C)c1ncc(C(=O)O)n1C. The van der Waals surface area contributed by atoms with Crippen LogP contribution in [0.1, 0.15) is 10.5 Å². The zero-order valence-electron chi connectivity index (χ0n) is 7.27. The molecule has 5 heteroatoms. The predicted molar refractivity (Wildman–Crippen MR) is 44.5 cm³/mol. The minimum atomic E-state index is -0.960. The third-order valence-electron chi connectivity index (χ3n) is 1.58. The molecule has 0 aromatic carbocycles. The lowest BCUT2D eigenvalue weighted by Gasteiger charge is -2.11. The lowest BCUT2D eigenvalue weighted by molar-refractivity contribution is 0.0686. The zero-order chi connectivity index (χ0) is 9.30. The van der Waals surface area contributed by atoms with E-state index in [1.54, 1.807) is 11.9 Å². The summed E-state index contributed by atoms with van der Waals surface area (Å²) in [6.45, 7) is 0. The highest BCUT2D eigenvalue weighted by Crippen LogP contribution is 2.10. The standard InChI is InChI=1S/C7H11N3O2/c1-9(2)7-8-4-5(6(11)12)10(7)3/h4H,1-3H3,(H,11,12). The van der Waals surface area contributed by atoms with Crippen LogP contribution in [0.2, 0.25) is 0 Å². The van der Waals surface area contributed by atoms with E-state index in [0.29, 0.717) is 5.95 Å². The van der Waals surface area contributed by atoms with Gasteiger partial charge in [0.15, 0.2) is 0 Å². The van der Waals surface area contributed by atoms with Gasteiger partial charge in [-0.2, -0.15) is 0 Å². The molecular weight excluding hydrogens is 158 g/mol. The average molecular weight is 169 g/mol. The van der Waals surface area contributed by atoms with E-state index < -0.39 is 5.97 Å². The summed E-state index contributed by atoms with van der Waals surface area (Å²) in [6.07, 6.45) is 1.34. The number of carboxylic acid groups (broad SMARTS) is 1. The molecule has 0 unspecified atom stereocenters. The molecule has 1 N–H and O–H groups in total. The van der Waals surface area contributed by atoms with Crippen molar-refractivity contribution in [2.24, 2.45) is 7.05 Å². The zero-order valence-corrected chi connectivity index (χ0v) is 7.27. The number of anilines is 1. The molecule has 0 aliphatic carbocycles. The van der Waals surface area contributed by atoms with E-state index in [9.17, 15) is 4.79 Å². The average Bonchev–Trinajstić information content (AvgIpc) is 2.30. The van der Waals surface area contributed by atoms with E-state index in [-0.39, 0.29) is 5.69 Å². The van der Waals surface area contributed by atoms with Crippen LogP contribution in [0, 0.1) is 0 Å². The number of hydrogen-bond acceptors (Lipinski definition) is 3. The number of hydrogen-bond donors (Lipinski definition) is 1. The van der Waals surface area contributed by atoms with Gasteiger partial charge in [0, 0.05) is 21.1 Å². The molecule has 0 radical (unpaired) electrons. The van der Waals surface area contributed by atoms with E-state index >= 15 is 0 Å². The number of aromatic carboxylic acids is 1. The minimum absolute atomic E-state index is 0.193. The smallest absolute Gasteiger partial charge is 0.354 e. The Kier molecular flexibility index (Phi) is 2.03. The van der Waals surface area contributed by atoms with Gasteiger partial charge >= 0.3 is 5.97 Å². The van der Waals surface area contributed by atoms with Crippen molar-refractivity contribution in [2.75, 3.05) is 19.0 Å². The fourth-order valence-electron chi connectivity index (χ4n) is 1.01. The normalized spacial score (nSPS) is 9.92. The van der Waals surface area contributed by atoms with Crippen molar-refractivity contribution in [1.82, 2.24) is 9.55 Å². The molecule has 0 fully saturated rings. The van der Waals surface area contributed by atoms with Crippen LogP contribution >= 0.6 is 0 Å². The highest BCUT2D eigenvalue weighted by atomic mass is 16.4. The molecule has 1 rings (SSSR count). The second-order valence-electron chi connectivity index (χ2n) is 2.70. The Morgan fingerprint density at radius 3 is 2.50 bits per heavy atom. The van der Waals surface area contributed by atoms with E-state index in [4.69, 9.17) is 5.11 Å². The Hall–Kier alpha value is -1.52. The lowest BCUT2D eigenvalue weighted by Crippen LogP contribution is -2.15. The molecule has 0 aliphatic heterocycles. The fraction of sp³-hybridized carbons (Fsp3) is 0.429. The Morgan fingerprint density at radius 1 is 1.67 bits per heavy atom. The van der Waals surface area contributed by atoms with Crippen LogP contribution in [0.15, 0.2) is 6.20 Å². The molecule has 0 atom stereocenters. The van der Waals surface area contributed by atoms with Crippen LogP contribution in [0.5, 0.6) is 0 Å². The lowest BCUT2D eigenvalue weighted by atomic mass is 10.5. The van der Waals surface area contributed by atoms with Crippen molar-refractivity contribution in [1.29, 1.82) is 0 Å². The molecule has 66 valence electrons. The summed E-state index contributed by atoms with van der Waals surface area (Å²) in [5.74, 6) is -0.328. The number of carbonyl (C=O) groups is 1. The van der Waals surface area contributed by atoms with Crippen molar-refractivity contribution in [2.45, 2.75) is 0 Å². The van der Waals surface area contributed by atoms with E-state index in [1.807, 2.05) is 14.1 Å². The summed E-state index contributed by atoms with van der Waals surface area (Å²) >= 11 is 0. The van der Waals surface area contributed by atoms with Gasteiger partial charge in [-0.25, -0.2) is 9.78 Å². The largest absolute Gasteiger partial charge is 0.477 e. The number of carboxylic acids is 1. The maximum Gasteiger partial charge on any atom is 0.354 e. The van der Waals surface area contributed by atoms with Crippen molar-refractivity contribution in [3.8, 4) is 0 Å². The predicted octanol–water partition coefficient (Wildman–Crippen LogP) is 0.184. The van der Waals surface area contributed by atoms with Gasteiger partial charge in [-0.15, -0.1) is 0 Å². The van der Waals surface area contributed by atoms with Crippen LogP contribution in [0.25, 0.3) is 0 Å². The van der Waals surface area contributed by atoms with E-state index in [1.165, 1.54) is 10.8 Å². The molecular formula is C7H11N3O2. The molecule has 0 amide bonds. The van der Waals surface area contributed by atoms with Gasteiger partial charge in [0.05, 0.1) is 6.20 Å². The van der Waals surface area contributed by atoms with Gasteiger partial charge in [0.2, 0.25) is 5.95 Å². The van der Waals surface area contributed by atoms with Crippen LogP contribution in [0.4, 0.5) is 5.95 Å². The molecule has 1 aromatic heterocycles. The number of rotatable bonds is 2. The van der Waals surface area contributed by atoms with Gasteiger partial charge in [0.25, 0.3) is 0 Å². The first-order valence-electron chi connectivity index (χ1n) is 3.46. The topological polar surface area (TPSA) is 58.4 Å².